The zero-order valence-electron chi connectivity index (χ0n) is 9.01. The molecular formula is C12H10ClN3O. The van der Waals surface area contributed by atoms with E-state index in [0.717, 1.165) is 30.5 Å². The summed E-state index contributed by atoms with van der Waals surface area (Å²) in [6.07, 6.45) is 3.02. The van der Waals surface area contributed by atoms with Crippen LogP contribution in [-0.2, 0) is 0 Å². The van der Waals surface area contributed by atoms with Crippen molar-refractivity contribution in [2.75, 3.05) is 0 Å². The first-order valence-electron chi connectivity index (χ1n) is 5.46. The van der Waals surface area contributed by atoms with Crippen LogP contribution in [0.1, 0.15) is 34.9 Å². The Balaban J connectivity index is 2.07. The lowest BCUT2D eigenvalue weighted by Gasteiger charge is -2.02. The van der Waals surface area contributed by atoms with E-state index in [1.807, 2.05) is 12.1 Å². The first kappa shape index (κ1) is 10.5. The zero-order valence-corrected chi connectivity index (χ0v) is 9.76. The second-order valence-corrected chi connectivity index (χ2v) is 4.58. The van der Waals surface area contributed by atoms with Gasteiger partial charge in [-0.15, -0.1) is 5.10 Å². The Bertz CT molecular complexity index is 558. The number of aromatic nitrogens is 3. The molecule has 0 unspecified atom stereocenters. The van der Waals surface area contributed by atoms with Gasteiger partial charge >= 0.3 is 0 Å². The number of carbonyl (C=O) groups excluding carboxylic acids is 1. The molecule has 1 aliphatic carbocycles. The van der Waals surface area contributed by atoms with Crippen molar-refractivity contribution in [3.05, 3.63) is 40.7 Å². The van der Waals surface area contributed by atoms with Crippen molar-refractivity contribution in [1.82, 2.24) is 15.0 Å². The minimum atomic E-state index is 0.413. The summed E-state index contributed by atoms with van der Waals surface area (Å²) in [5.41, 5.74) is 2.17. The van der Waals surface area contributed by atoms with Gasteiger partial charge in [-0.2, -0.15) is 0 Å². The molecule has 86 valence electrons. The van der Waals surface area contributed by atoms with Crippen LogP contribution in [0.25, 0.3) is 5.69 Å². The summed E-state index contributed by atoms with van der Waals surface area (Å²) in [6, 6.07) is 7.18. The Morgan fingerprint density at radius 2 is 2.00 bits per heavy atom. The molecule has 0 spiro atoms. The van der Waals surface area contributed by atoms with E-state index in [2.05, 4.69) is 10.3 Å². The van der Waals surface area contributed by atoms with Gasteiger partial charge in [0.05, 0.1) is 11.4 Å². The molecule has 1 saturated carbocycles. The number of hydrogen-bond donors (Lipinski definition) is 0. The van der Waals surface area contributed by atoms with Crippen LogP contribution in [0.5, 0.6) is 0 Å². The van der Waals surface area contributed by atoms with Gasteiger partial charge in [-0.1, -0.05) is 16.8 Å². The molecule has 0 saturated heterocycles. The van der Waals surface area contributed by atoms with Crippen molar-refractivity contribution < 1.29 is 4.79 Å². The summed E-state index contributed by atoms with van der Waals surface area (Å²) in [5, 5.41) is 8.79. The number of hydrogen-bond acceptors (Lipinski definition) is 3. The number of benzene rings is 1. The summed E-state index contributed by atoms with van der Waals surface area (Å²) >= 11 is 5.82. The zero-order chi connectivity index (χ0) is 11.8. The van der Waals surface area contributed by atoms with Crippen LogP contribution in [0.15, 0.2) is 24.3 Å². The summed E-state index contributed by atoms with van der Waals surface area (Å²) in [5.74, 6) is 0.413. The monoisotopic (exact) mass is 247 g/mol. The minimum Gasteiger partial charge on any atom is -0.296 e. The van der Waals surface area contributed by atoms with Crippen molar-refractivity contribution in [2.24, 2.45) is 0 Å². The van der Waals surface area contributed by atoms with E-state index in [1.54, 1.807) is 16.8 Å². The highest BCUT2D eigenvalue weighted by Crippen LogP contribution is 2.40. The van der Waals surface area contributed by atoms with Gasteiger partial charge in [0.25, 0.3) is 0 Å². The smallest absolute Gasteiger partial charge is 0.170 e. The summed E-state index contributed by atoms with van der Waals surface area (Å²) < 4.78 is 1.57. The first-order valence-corrected chi connectivity index (χ1v) is 5.84. The largest absolute Gasteiger partial charge is 0.296 e. The average Bonchev–Trinajstić information content (AvgIpc) is 3.10. The molecule has 0 amide bonds. The van der Waals surface area contributed by atoms with E-state index in [0.29, 0.717) is 16.6 Å². The molecule has 1 aromatic carbocycles. The van der Waals surface area contributed by atoms with Crippen LogP contribution < -0.4 is 0 Å². The molecule has 1 aliphatic rings. The van der Waals surface area contributed by atoms with Crippen molar-refractivity contribution >= 4 is 17.9 Å². The highest BCUT2D eigenvalue weighted by atomic mass is 35.5. The molecule has 0 radical (unpaired) electrons. The lowest BCUT2D eigenvalue weighted by Crippen LogP contribution is -2.02. The third-order valence-corrected chi connectivity index (χ3v) is 3.13. The Hall–Kier alpha value is -1.68. The Morgan fingerprint density at radius 3 is 2.59 bits per heavy atom. The summed E-state index contributed by atoms with van der Waals surface area (Å²) in [7, 11) is 0. The quantitative estimate of drug-likeness (QED) is 0.784. The normalized spacial score (nSPS) is 14.9. The van der Waals surface area contributed by atoms with Gasteiger partial charge < -0.3 is 0 Å². The molecule has 17 heavy (non-hydrogen) atoms. The highest BCUT2D eigenvalue weighted by molar-refractivity contribution is 6.30. The molecule has 0 atom stereocenters. The van der Waals surface area contributed by atoms with Gasteiger partial charge in [-0.3, -0.25) is 4.79 Å². The molecule has 3 rings (SSSR count). The molecule has 0 N–H and O–H groups in total. The fourth-order valence-corrected chi connectivity index (χ4v) is 1.96. The average molecular weight is 248 g/mol. The fraction of sp³-hybridized carbons (Fsp3) is 0.250. The van der Waals surface area contributed by atoms with Crippen LogP contribution in [0, 0.1) is 0 Å². The highest BCUT2D eigenvalue weighted by Gasteiger charge is 2.30. The van der Waals surface area contributed by atoms with Gasteiger partial charge in [0.1, 0.15) is 5.69 Å². The summed E-state index contributed by atoms with van der Waals surface area (Å²) in [6.45, 7) is 0. The molecular weight excluding hydrogens is 238 g/mol. The molecule has 1 aromatic heterocycles. The number of halogens is 1. The second kappa shape index (κ2) is 3.96. The summed E-state index contributed by atoms with van der Waals surface area (Å²) in [4.78, 5) is 11.2. The van der Waals surface area contributed by atoms with E-state index in [4.69, 9.17) is 11.6 Å². The Labute approximate surface area is 103 Å². The molecule has 0 bridgehead atoms. The van der Waals surface area contributed by atoms with E-state index >= 15 is 0 Å². The lowest BCUT2D eigenvalue weighted by atomic mass is 10.2. The van der Waals surface area contributed by atoms with Crippen molar-refractivity contribution in [3.8, 4) is 5.69 Å². The maximum Gasteiger partial charge on any atom is 0.170 e. The lowest BCUT2D eigenvalue weighted by molar-refractivity contribution is 0.111. The second-order valence-electron chi connectivity index (χ2n) is 4.14. The molecule has 5 heteroatoms. The van der Waals surface area contributed by atoms with Crippen molar-refractivity contribution in [1.29, 1.82) is 0 Å². The predicted octanol–water partition coefficient (Wildman–Crippen LogP) is 2.61. The topological polar surface area (TPSA) is 47.8 Å². The Morgan fingerprint density at radius 1 is 1.29 bits per heavy atom. The van der Waals surface area contributed by atoms with E-state index in [9.17, 15) is 4.79 Å². The fourth-order valence-electron chi connectivity index (χ4n) is 1.83. The van der Waals surface area contributed by atoms with Crippen LogP contribution in [0.2, 0.25) is 5.02 Å². The number of rotatable bonds is 3. The van der Waals surface area contributed by atoms with E-state index in [-0.39, 0.29) is 0 Å². The number of aldehydes is 1. The molecule has 4 nitrogen and oxygen atoms in total. The third-order valence-electron chi connectivity index (χ3n) is 2.88. The molecule has 1 heterocycles. The van der Waals surface area contributed by atoms with E-state index < -0.39 is 0 Å². The molecule has 1 fully saturated rings. The third kappa shape index (κ3) is 1.85. The Kier molecular flexibility index (Phi) is 2.44. The van der Waals surface area contributed by atoms with Gasteiger partial charge in [-0.25, -0.2) is 4.68 Å². The van der Waals surface area contributed by atoms with E-state index in [1.165, 1.54) is 0 Å². The van der Waals surface area contributed by atoms with Gasteiger partial charge in [0.2, 0.25) is 0 Å². The molecule has 2 aromatic rings. The van der Waals surface area contributed by atoms with Crippen molar-refractivity contribution in [3.63, 3.8) is 0 Å². The first-order chi connectivity index (χ1) is 8.29. The SMILES string of the molecule is O=Cc1c(C2CC2)nnn1-c1ccc(Cl)cc1. The van der Waals surface area contributed by atoms with Crippen LogP contribution in [0.3, 0.4) is 0 Å². The minimum absolute atomic E-state index is 0.413. The molecule has 0 aliphatic heterocycles. The predicted molar refractivity (Wildman–Crippen MR) is 63.7 cm³/mol. The number of carbonyl (C=O) groups is 1. The van der Waals surface area contributed by atoms with Crippen LogP contribution in [0.4, 0.5) is 0 Å². The maximum absolute atomic E-state index is 11.2. The standard InChI is InChI=1S/C12H10ClN3O/c13-9-3-5-10(6-4-9)16-11(7-17)12(14-15-16)8-1-2-8/h3-8H,1-2H2. The van der Waals surface area contributed by atoms with Gasteiger partial charge in [-0.05, 0) is 37.1 Å². The van der Waals surface area contributed by atoms with Crippen molar-refractivity contribution in [2.45, 2.75) is 18.8 Å². The maximum atomic E-state index is 11.2. The van der Waals surface area contributed by atoms with Gasteiger partial charge in [0.15, 0.2) is 6.29 Å². The van der Waals surface area contributed by atoms with Crippen LogP contribution >= 0.6 is 11.6 Å². The van der Waals surface area contributed by atoms with Gasteiger partial charge in [0, 0.05) is 10.9 Å². The van der Waals surface area contributed by atoms with Crippen LogP contribution in [-0.4, -0.2) is 21.3 Å². The number of nitrogens with zero attached hydrogens (tertiary/aromatic N) is 3.